The Balaban J connectivity index is 0.00000425. The highest BCUT2D eigenvalue weighted by Gasteiger charge is 2.85. The first-order valence-corrected chi connectivity index (χ1v) is 35.4. The van der Waals surface area contributed by atoms with Crippen LogP contribution in [-0.4, -0.2) is 136 Å². The van der Waals surface area contributed by atoms with Gasteiger partial charge in [-0.2, -0.15) is 44.8 Å². The van der Waals surface area contributed by atoms with E-state index in [1.807, 2.05) is 67.6 Å². The zero-order valence-electron chi connectivity index (χ0n) is 55.8. The van der Waals surface area contributed by atoms with E-state index < -0.39 is 88.1 Å². The van der Waals surface area contributed by atoms with E-state index in [0.29, 0.717) is 62.8 Å². The Bertz CT molecular complexity index is 3040. The van der Waals surface area contributed by atoms with E-state index in [2.05, 4.69) is 48.3 Å². The van der Waals surface area contributed by atoms with Gasteiger partial charge in [0.05, 0.1) is 51.6 Å². The summed E-state index contributed by atoms with van der Waals surface area (Å²) in [6.45, 7) is 10.1. The monoisotopic (exact) mass is 1400 g/mol. The number of halogens is 11. The molecule has 4 aromatic rings. The maximum absolute atomic E-state index is 16.3. The van der Waals surface area contributed by atoms with Crippen molar-refractivity contribution in [2.45, 2.75) is 173 Å². The number of aryl methyl sites for hydroxylation is 1. The van der Waals surface area contributed by atoms with Crippen molar-refractivity contribution in [1.82, 2.24) is 9.57 Å². The molecular formula is C68H87F11N3O9PS2. The second kappa shape index (κ2) is 34.8. The molecule has 1 amide bonds. The lowest BCUT2D eigenvalue weighted by atomic mass is 9.55. The molecule has 4 aromatic carbocycles. The number of fused-ring (bicyclic) bond motifs is 8. The van der Waals surface area contributed by atoms with Gasteiger partial charge in [-0.1, -0.05) is 90.0 Å². The third kappa shape index (κ3) is 18.6. The highest BCUT2D eigenvalue weighted by atomic mass is 33.1. The van der Waals surface area contributed by atoms with Gasteiger partial charge in [0, 0.05) is 75.4 Å². The topological polar surface area (TPSA) is 132 Å². The molecule has 2 fully saturated rings. The molecular weight excluding hydrogens is 1310 g/mol. The molecule has 0 bridgehead atoms. The van der Waals surface area contributed by atoms with Crippen LogP contribution >= 0.6 is 30.1 Å². The number of ether oxygens (including phenoxy) is 5. The highest BCUT2D eigenvalue weighted by Crippen LogP contribution is 2.62. The first-order chi connectivity index (χ1) is 45.7. The lowest BCUT2D eigenvalue weighted by Crippen LogP contribution is -2.67. The summed E-state index contributed by atoms with van der Waals surface area (Å²) in [6.07, 6.45) is -15.8. The molecule has 0 radical (unpaired) electrons. The lowest BCUT2D eigenvalue weighted by molar-refractivity contribution is -0.457. The molecule has 94 heavy (non-hydrogen) atoms. The van der Waals surface area contributed by atoms with E-state index in [0.717, 1.165) is 77.6 Å². The standard InChI is InChI=1S/C67H83F11N3O8PS2.CH4O/c1-43(2)81(44(3)4)90(87-33-12-28-79)88-41-45(5)15-11-30-83-34-36-92-91-35-13-29-80(62(82)85-42-57-52-18-9-7-16-50(52)51-17-8-10-19-53(51)57)40-56-59(68)38-48(39-60(56)69)89-47-21-23-49-46(37-47)20-22-55-54(49)26-27-63(6)58(55)24-25-61(63)84-31-14-32-86-64(65(70,71)72,66(73,74)75)67(76,77)78;1-2/h7-10,16-19,21,23,37-39,43-45,54-55,57-58,61H,11-15,20,22,24-27,29-36,40-42H2,1-6H3;2H,1H3/t45?,54-,55-,58+,61+,63+,90?;/m1./s1/i5D;2T. The van der Waals surface area contributed by atoms with E-state index in [1.54, 1.807) is 27.7 Å². The van der Waals surface area contributed by atoms with E-state index in [9.17, 15) is 44.3 Å². The second-order valence-corrected chi connectivity index (χ2v) is 28.9. The van der Waals surface area contributed by atoms with Gasteiger partial charge in [0.15, 0.2) is 0 Å². The largest absolute Gasteiger partial charge is 0.457 e. The second-order valence-electron chi connectivity index (χ2n) is 24.8. The van der Waals surface area contributed by atoms with Crippen LogP contribution < -0.4 is 4.74 Å². The van der Waals surface area contributed by atoms with Crippen molar-refractivity contribution >= 4 is 36.2 Å². The Morgan fingerprint density at radius 2 is 1.45 bits per heavy atom. The Morgan fingerprint density at radius 3 is 2.07 bits per heavy atom. The molecule has 0 saturated heterocycles. The first kappa shape index (κ1) is 73.8. The number of hydrogen-bond donors (Lipinski definition) is 1. The van der Waals surface area contributed by atoms with E-state index in [1.165, 1.54) is 12.0 Å². The number of benzene rings is 4. The molecule has 0 aliphatic heterocycles. The molecule has 4 aliphatic rings. The van der Waals surface area contributed by atoms with Crippen LogP contribution in [0.25, 0.3) is 11.1 Å². The SMILES string of the molecule is [2H]CC(CCCOCCSSCCCN(Cc1c(F)cc(Oc2ccc3c(c2)CC[C@@H]2[C@@H]3CC[C@]3(C)[C@@H](OCCCOC(C(F)(F)F)(C(F)(F)F)C(F)(F)F)CC[C@@H]23)cc1F)C(=O)OCC1c2ccccc2-c2ccccc21)COP(OCCC#N)N(C(C)C)C(C)C.[3H]OC. The molecule has 0 spiro atoms. The van der Waals surface area contributed by atoms with Crippen LogP contribution in [0.3, 0.4) is 0 Å². The van der Waals surface area contributed by atoms with Crippen molar-refractivity contribution in [1.29, 1.82) is 6.69 Å². The molecule has 8 rings (SSSR count). The molecule has 2 saturated carbocycles. The van der Waals surface area contributed by atoms with E-state index in [-0.39, 0.29) is 86.1 Å². The molecule has 2 unspecified atom stereocenters. The van der Waals surface area contributed by atoms with Crippen LogP contribution in [0.4, 0.5) is 53.1 Å². The Labute approximate surface area is 556 Å². The third-order valence-electron chi connectivity index (χ3n) is 18.1. The third-order valence-corrected chi connectivity index (χ3v) is 22.6. The van der Waals surface area contributed by atoms with Crippen LogP contribution in [-0.2, 0) is 41.0 Å². The molecule has 522 valence electrons. The van der Waals surface area contributed by atoms with Crippen LogP contribution in [0.1, 0.15) is 147 Å². The maximum Gasteiger partial charge on any atom is 0.435 e. The molecule has 7 atom stereocenters. The van der Waals surface area contributed by atoms with E-state index >= 15 is 8.78 Å². The smallest absolute Gasteiger partial charge is 0.435 e. The van der Waals surface area contributed by atoms with Crippen molar-refractivity contribution < 1.29 is 92.3 Å². The number of nitriles is 1. The number of carbonyl (C=O) groups excluding carboxylic acids is 1. The number of rotatable bonds is 33. The summed E-state index contributed by atoms with van der Waals surface area (Å²) in [5.41, 5.74) is -0.821. The Kier molecular flexibility index (Phi) is 27.3. The fraction of sp³-hybridized carbons (Fsp3) is 0.618. The van der Waals surface area contributed by atoms with Gasteiger partial charge >= 0.3 is 30.2 Å². The number of carbonyl (C=O) groups is 1. The predicted octanol–water partition coefficient (Wildman–Crippen LogP) is 18.7. The number of aliphatic hydroxyl groups is 1. The summed E-state index contributed by atoms with van der Waals surface area (Å²) >= 11 is 0. The van der Waals surface area contributed by atoms with Gasteiger partial charge in [-0.05, 0) is 167 Å². The first-order valence-electron chi connectivity index (χ1n) is 32.9. The zero-order chi connectivity index (χ0) is 70.0. The maximum atomic E-state index is 16.3. The molecule has 12 nitrogen and oxygen atoms in total. The summed E-state index contributed by atoms with van der Waals surface area (Å²) < 4.78 is 209. The molecule has 1 N–H and O–H groups in total. The van der Waals surface area contributed by atoms with Gasteiger partial charge in [0.1, 0.15) is 29.7 Å². The van der Waals surface area contributed by atoms with Gasteiger partial charge in [0.2, 0.25) is 1.43 Å². The van der Waals surface area contributed by atoms with Crippen LogP contribution in [0.15, 0.2) is 78.9 Å². The number of aliphatic hydroxyl groups excluding tert-OH is 1. The zero-order valence-corrected chi connectivity index (χ0v) is 56.4. The fourth-order valence-electron chi connectivity index (χ4n) is 13.8. The summed E-state index contributed by atoms with van der Waals surface area (Å²) in [5, 5.41) is 12.5. The number of nitrogens with zero attached hydrogens (tertiary/aromatic N) is 3. The van der Waals surface area contributed by atoms with Crippen LogP contribution in [0, 0.1) is 46.1 Å². The fourth-order valence-corrected chi connectivity index (χ4v) is 17.4. The normalized spacial score (nSPS) is 20.5. The van der Waals surface area contributed by atoms with E-state index in [4.69, 9.17) is 36.1 Å². The lowest BCUT2D eigenvalue weighted by Gasteiger charge is -2.50. The number of amides is 1. The van der Waals surface area contributed by atoms with Gasteiger partial charge in [-0.25, -0.2) is 18.2 Å². The van der Waals surface area contributed by atoms with Crippen LogP contribution in [0.5, 0.6) is 11.5 Å². The summed E-state index contributed by atoms with van der Waals surface area (Å²) in [4.78, 5) is 15.5. The minimum Gasteiger partial charge on any atom is -0.457 e. The summed E-state index contributed by atoms with van der Waals surface area (Å²) in [5.74, 6) is 0.0220. The van der Waals surface area contributed by atoms with Crippen molar-refractivity contribution in [3.63, 3.8) is 0 Å². The number of alkyl halides is 9. The average molecular weight is 1400 g/mol. The number of hydrogen-bond acceptors (Lipinski definition) is 13. The van der Waals surface area contributed by atoms with Gasteiger partial charge in [-0.3, -0.25) is 0 Å². The quantitative estimate of drug-likeness (QED) is 0.0210. The van der Waals surface area contributed by atoms with Gasteiger partial charge < -0.3 is 42.7 Å². The molecule has 4 aliphatic carbocycles. The van der Waals surface area contributed by atoms with Gasteiger partial charge in [0.25, 0.3) is 8.53 Å². The molecule has 26 heteroatoms. The highest BCUT2D eigenvalue weighted by molar-refractivity contribution is 8.76. The summed E-state index contributed by atoms with van der Waals surface area (Å²) in [6, 6.07) is 26.1. The minimum absolute atomic E-state index is 0.00187. The minimum atomic E-state index is -6.80. The van der Waals surface area contributed by atoms with Crippen LogP contribution in [0.2, 0.25) is 0 Å². The summed E-state index contributed by atoms with van der Waals surface area (Å²) in [7, 11) is 3.13. The molecule has 0 aromatic heterocycles. The van der Waals surface area contributed by atoms with Crippen molar-refractivity contribution in [3.8, 4) is 28.7 Å². The van der Waals surface area contributed by atoms with Crippen molar-refractivity contribution in [2.75, 3.05) is 71.4 Å². The van der Waals surface area contributed by atoms with Crippen molar-refractivity contribution in [3.05, 3.63) is 118 Å². The Hall–Kier alpha value is -4.48. The van der Waals surface area contributed by atoms with Gasteiger partial charge in [-0.15, -0.1) is 0 Å². The molecule has 0 heterocycles. The van der Waals surface area contributed by atoms with Crippen molar-refractivity contribution in [2.24, 2.45) is 23.2 Å². The average Bonchev–Trinajstić information content (AvgIpc) is 1.02. The Morgan fingerprint density at radius 1 is 0.798 bits per heavy atom. The predicted molar refractivity (Wildman–Crippen MR) is 342 cm³/mol.